The Kier molecular flexibility index (Phi) is 2.28. The Morgan fingerprint density at radius 2 is 1.80 bits per heavy atom. The van der Waals surface area contributed by atoms with Crippen molar-refractivity contribution in [1.82, 2.24) is 0 Å². The maximum atomic E-state index is 3.75. The monoisotopic (exact) mass is 260 g/mol. The summed E-state index contributed by atoms with van der Waals surface area (Å²) in [6.07, 6.45) is 7.10. The van der Waals surface area contributed by atoms with E-state index in [9.17, 15) is 0 Å². The number of halogens is 1. The van der Waals surface area contributed by atoms with E-state index in [0.717, 1.165) is 6.42 Å². The average Bonchev–Trinajstić information content (AvgIpc) is 2.84. The van der Waals surface area contributed by atoms with Crippen LogP contribution in [0, 0.1) is 11.8 Å². The zero-order valence-corrected chi connectivity index (χ0v) is 10.1. The largest absolute Gasteiger partial charge is 0.0806 e. The van der Waals surface area contributed by atoms with Crippen molar-refractivity contribution >= 4 is 15.9 Å². The molecule has 0 aliphatic heterocycles. The summed E-state index contributed by atoms with van der Waals surface area (Å²) in [5, 5.41) is 0. The van der Waals surface area contributed by atoms with Gasteiger partial charge in [0.1, 0.15) is 0 Å². The first-order chi connectivity index (χ1) is 7.34. The molecule has 0 radical (unpaired) electrons. The van der Waals surface area contributed by atoms with E-state index >= 15 is 0 Å². The Balaban J connectivity index is 1.86. The van der Waals surface area contributed by atoms with Crippen molar-refractivity contribution in [1.29, 1.82) is 0 Å². The molecule has 0 nitrogen and oxygen atoms in total. The molecular weight excluding hydrogens is 248 g/mol. The molecule has 0 aromatic heterocycles. The lowest BCUT2D eigenvalue weighted by atomic mass is 9.96. The van der Waals surface area contributed by atoms with Crippen molar-refractivity contribution < 1.29 is 0 Å². The fourth-order valence-corrected chi connectivity index (χ4v) is 3.37. The average molecular weight is 261 g/mol. The summed E-state index contributed by atoms with van der Waals surface area (Å²) in [6, 6.07) is 10.7. The predicted molar refractivity (Wildman–Crippen MR) is 66.8 cm³/mol. The van der Waals surface area contributed by atoms with Gasteiger partial charge in [0.2, 0.25) is 0 Å². The number of allylic oxidation sites excluding steroid dienone is 4. The summed E-state index contributed by atoms with van der Waals surface area (Å²) < 4.78 is 1.44. The summed E-state index contributed by atoms with van der Waals surface area (Å²) in [5.41, 5.74) is 3.01. The lowest BCUT2D eigenvalue weighted by Gasteiger charge is -2.12. The summed E-state index contributed by atoms with van der Waals surface area (Å²) in [5.74, 6) is 1.37. The van der Waals surface area contributed by atoms with Crippen LogP contribution < -0.4 is 0 Å². The molecule has 0 amide bonds. The highest BCUT2D eigenvalue weighted by Crippen LogP contribution is 2.47. The van der Waals surface area contributed by atoms with Gasteiger partial charge in [0, 0.05) is 16.3 Å². The molecule has 2 aliphatic rings. The third-order valence-electron chi connectivity index (χ3n) is 3.40. The number of rotatable bonds is 2. The zero-order valence-electron chi connectivity index (χ0n) is 8.49. The van der Waals surface area contributed by atoms with Gasteiger partial charge < -0.3 is 0 Å². The van der Waals surface area contributed by atoms with Crippen molar-refractivity contribution in [3.8, 4) is 0 Å². The molecule has 0 fully saturated rings. The van der Waals surface area contributed by atoms with Crippen LogP contribution in [0.5, 0.6) is 0 Å². The van der Waals surface area contributed by atoms with E-state index in [1.54, 1.807) is 5.57 Å². The van der Waals surface area contributed by atoms with Crippen LogP contribution in [0.25, 0.3) is 0 Å². The molecule has 2 bridgehead atoms. The SMILES string of the molecule is BrC1=C(Cc2ccccc2)C2C=CC1C2. The van der Waals surface area contributed by atoms with Crippen molar-refractivity contribution in [2.45, 2.75) is 12.8 Å². The Bertz CT molecular complexity index is 428. The second kappa shape index (κ2) is 3.64. The molecule has 0 N–H and O–H groups in total. The smallest absolute Gasteiger partial charge is 0.00929 e. The quantitative estimate of drug-likeness (QED) is 0.703. The van der Waals surface area contributed by atoms with Crippen LogP contribution in [0.1, 0.15) is 12.0 Å². The third-order valence-corrected chi connectivity index (χ3v) is 4.50. The van der Waals surface area contributed by atoms with Crippen LogP contribution in [-0.4, -0.2) is 0 Å². The van der Waals surface area contributed by atoms with Crippen LogP contribution >= 0.6 is 15.9 Å². The number of benzene rings is 1. The minimum atomic E-state index is 0.675. The van der Waals surface area contributed by atoms with Gasteiger partial charge in [-0.15, -0.1) is 0 Å². The van der Waals surface area contributed by atoms with E-state index in [1.165, 1.54) is 16.5 Å². The minimum absolute atomic E-state index is 0.675. The van der Waals surface area contributed by atoms with Crippen molar-refractivity contribution in [3.63, 3.8) is 0 Å². The molecule has 0 heterocycles. The number of hydrogen-bond donors (Lipinski definition) is 0. The van der Waals surface area contributed by atoms with Crippen LogP contribution in [0.15, 0.2) is 52.5 Å². The molecule has 1 heteroatoms. The Labute approximate surface area is 98.8 Å². The van der Waals surface area contributed by atoms with Gasteiger partial charge in [-0.05, 0) is 24.0 Å². The van der Waals surface area contributed by atoms with E-state index in [0.29, 0.717) is 11.8 Å². The molecule has 0 spiro atoms. The lowest BCUT2D eigenvalue weighted by molar-refractivity contribution is 0.703. The van der Waals surface area contributed by atoms with Gasteiger partial charge in [-0.3, -0.25) is 0 Å². The van der Waals surface area contributed by atoms with Gasteiger partial charge in [-0.1, -0.05) is 58.4 Å². The van der Waals surface area contributed by atoms with Gasteiger partial charge in [0.25, 0.3) is 0 Å². The van der Waals surface area contributed by atoms with E-state index in [1.807, 2.05) is 0 Å². The first kappa shape index (κ1) is 9.41. The minimum Gasteiger partial charge on any atom is -0.0806 e. The van der Waals surface area contributed by atoms with Crippen LogP contribution in [0.4, 0.5) is 0 Å². The molecular formula is C14H13Br. The highest BCUT2D eigenvalue weighted by atomic mass is 79.9. The molecule has 0 saturated heterocycles. The number of fused-ring (bicyclic) bond motifs is 2. The standard InChI is InChI=1S/C14H13Br/c15-14-12-7-6-11(9-12)13(14)8-10-4-2-1-3-5-10/h1-7,11-12H,8-9H2. The summed E-state index contributed by atoms with van der Waals surface area (Å²) in [7, 11) is 0. The lowest BCUT2D eigenvalue weighted by Crippen LogP contribution is -1.99. The molecule has 0 saturated carbocycles. The topological polar surface area (TPSA) is 0 Å². The number of hydrogen-bond acceptors (Lipinski definition) is 0. The molecule has 1 aromatic carbocycles. The van der Waals surface area contributed by atoms with Crippen LogP contribution in [0.2, 0.25) is 0 Å². The first-order valence-electron chi connectivity index (χ1n) is 5.45. The van der Waals surface area contributed by atoms with E-state index in [-0.39, 0.29) is 0 Å². The zero-order chi connectivity index (χ0) is 10.3. The summed E-state index contributed by atoms with van der Waals surface area (Å²) >= 11 is 3.75. The van der Waals surface area contributed by atoms with E-state index in [2.05, 4.69) is 58.4 Å². The second-order valence-corrected chi connectivity index (χ2v) is 5.22. The maximum Gasteiger partial charge on any atom is 0.00929 e. The Morgan fingerprint density at radius 3 is 2.47 bits per heavy atom. The Morgan fingerprint density at radius 1 is 1.07 bits per heavy atom. The Hall–Kier alpha value is -0.820. The van der Waals surface area contributed by atoms with Crippen LogP contribution in [0.3, 0.4) is 0 Å². The molecule has 15 heavy (non-hydrogen) atoms. The third kappa shape index (κ3) is 1.59. The maximum absolute atomic E-state index is 3.75. The molecule has 2 atom stereocenters. The predicted octanol–water partition coefficient (Wildman–Crippen LogP) is 4.08. The molecule has 1 aromatic rings. The fraction of sp³-hybridized carbons (Fsp3) is 0.286. The first-order valence-corrected chi connectivity index (χ1v) is 6.24. The van der Waals surface area contributed by atoms with Crippen molar-refractivity contribution in [3.05, 3.63) is 58.1 Å². The highest BCUT2D eigenvalue weighted by molar-refractivity contribution is 9.11. The van der Waals surface area contributed by atoms with E-state index in [4.69, 9.17) is 0 Å². The van der Waals surface area contributed by atoms with Gasteiger partial charge in [-0.25, -0.2) is 0 Å². The summed E-state index contributed by atoms with van der Waals surface area (Å²) in [4.78, 5) is 0. The van der Waals surface area contributed by atoms with Gasteiger partial charge in [0.15, 0.2) is 0 Å². The molecule has 2 aliphatic carbocycles. The second-order valence-electron chi connectivity index (χ2n) is 4.37. The molecule has 76 valence electrons. The normalized spacial score (nSPS) is 27.8. The highest BCUT2D eigenvalue weighted by Gasteiger charge is 2.33. The van der Waals surface area contributed by atoms with Gasteiger partial charge >= 0.3 is 0 Å². The summed E-state index contributed by atoms with van der Waals surface area (Å²) in [6.45, 7) is 0. The van der Waals surface area contributed by atoms with Crippen LogP contribution in [-0.2, 0) is 6.42 Å². The van der Waals surface area contributed by atoms with Crippen molar-refractivity contribution in [2.24, 2.45) is 11.8 Å². The van der Waals surface area contributed by atoms with E-state index < -0.39 is 0 Å². The fourth-order valence-electron chi connectivity index (χ4n) is 2.59. The van der Waals surface area contributed by atoms with Crippen molar-refractivity contribution in [2.75, 3.05) is 0 Å². The molecule has 3 rings (SSSR count). The molecule has 2 unspecified atom stereocenters. The van der Waals surface area contributed by atoms with Gasteiger partial charge in [0.05, 0.1) is 0 Å². The van der Waals surface area contributed by atoms with Gasteiger partial charge in [-0.2, -0.15) is 0 Å².